The van der Waals surface area contributed by atoms with Gasteiger partial charge in [-0.15, -0.1) is 11.8 Å². The minimum absolute atomic E-state index is 0.155. The van der Waals surface area contributed by atoms with Gasteiger partial charge in [-0.05, 0) is 29.8 Å². The molecule has 1 N–H and O–H groups in total. The van der Waals surface area contributed by atoms with Gasteiger partial charge in [0, 0.05) is 16.3 Å². The summed E-state index contributed by atoms with van der Waals surface area (Å²) in [6.07, 6.45) is 1.56. The third-order valence-corrected chi connectivity index (χ3v) is 4.66. The normalized spacial score (nSPS) is 13.0. The van der Waals surface area contributed by atoms with Crippen molar-refractivity contribution in [2.24, 2.45) is 5.10 Å². The summed E-state index contributed by atoms with van der Waals surface area (Å²) in [4.78, 5) is 11.8. The molecule has 7 heteroatoms. The number of fused-ring (bicyclic) bond motifs is 1. The van der Waals surface area contributed by atoms with Gasteiger partial charge in [0.05, 0.1) is 12.0 Å². The zero-order valence-electron chi connectivity index (χ0n) is 13.4. The number of halogens is 1. The molecule has 1 heterocycles. The molecule has 2 aromatic carbocycles. The molecule has 0 atom stereocenters. The summed E-state index contributed by atoms with van der Waals surface area (Å²) >= 11 is 7.36. The molecule has 5 nitrogen and oxygen atoms in total. The third kappa shape index (κ3) is 5.14. The Morgan fingerprint density at radius 2 is 2.00 bits per heavy atom. The van der Waals surface area contributed by atoms with E-state index in [-0.39, 0.29) is 5.91 Å². The number of thioether (sulfide) groups is 1. The second-order valence-corrected chi connectivity index (χ2v) is 6.71. The lowest BCUT2D eigenvalue weighted by Crippen LogP contribution is -2.20. The Hall–Kier alpha value is -2.18. The van der Waals surface area contributed by atoms with Crippen molar-refractivity contribution < 1.29 is 14.3 Å². The number of nitrogens with one attached hydrogen (secondary N) is 1. The average molecular weight is 377 g/mol. The van der Waals surface area contributed by atoms with Crippen molar-refractivity contribution >= 4 is 35.5 Å². The molecule has 0 aliphatic carbocycles. The number of carbonyl (C=O) groups excluding carboxylic acids is 1. The number of benzene rings is 2. The zero-order chi connectivity index (χ0) is 17.5. The average Bonchev–Trinajstić information content (AvgIpc) is 2.64. The van der Waals surface area contributed by atoms with Crippen LogP contribution >= 0.6 is 23.4 Å². The number of nitrogens with zero attached hydrogens (tertiary/aromatic N) is 1. The molecule has 0 saturated heterocycles. The van der Waals surface area contributed by atoms with E-state index in [2.05, 4.69) is 10.5 Å². The van der Waals surface area contributed by atoms with Crippen molar-refractivity contribution in [1.82, 2.24) is 5.43 Å². The predicted molar refractivity (Wildman–Crippen MR) is 101 cm³/mol. The van der Waals surface area contributed by atoms with E-state index < -0.39 is 0 Å². The summed E-state index contributed by atoms with van der Waals surface area (Å²) in [5.74, 6) is 2.26. The van der Waals surface area contributed by atoms with Crippen molar-refractivity contribution in [2.45, 2.75) is 5.75 Å². The van der Waals surface area contributed by atoms with E-state index in [0.717, 1.165) is 16.9 Å². The van der Waals surface area contributed by atoms with Crippen LogP contribution in [-0.2, 0) is 10.5 Å². The Balaban J connectivity index is 1.46. The lowest BCUT2D eigenvalue weighted by atomic mass is 10.2. The maximum atomic E-state index is 11.8. The lowest BCUT2D eigenvalue weighted by molar-refractivity contribution is -0.118. The molecule has 0 fully saturated rings. The van der Waals surface area contributed by atoms with E-state index in [4.69, 9.17) is 21.1 Å². The van der Waals surface area contributed by atoms with Crippen LogP contribution in [0, 0.1) is 0 Å². The van der Waals surface area contributed by atoms with Gasteiger partial charge in [0.25, 0.3) is 0 Å². The molecule has 25 heavy (non-hydrogen) atoms. The van der Waals surface area contributed by atoms with Crippen LogP contribution in [0.3, 0.4) is 0 Å². The standard InChI is InChI=1S/C18H17ClN2O3S/c19-15-6-4-13(5-7-15)11-25-12-17(22)21-20-10-14-2-1-3-16-18(14)24-9-8-23-16/h1-7,10H,8-9,11-12H2,(H,21,22)/b20-10-. The molecule has 1 amide bonds. The maximum Gasteiger partial charge on any atom is 0.250 e. The molecule has 1 aliphatic rings. The highest BCUT2D eigenvalue weighted by molar-refractivity contribution is 7.99. The number of hydrogen-bond acceptors (Lipinski definition) is 5. The van der Waals surface area contributed by atoms with Gasteiger partial charge in [-0.1, -0.05) is 29.8 Å². The Kier molecular flexibility index (Phi) is 6.19. The van der Waals surface area contributed by atoms with Crippen LogP contribution < -0.4 is 14.9 Å². The van der Waals surface area contributed by atoms with Crippen LogP contribution in [0.4, 0.5) is 0 Å². The fourth-order valence-electron chi connectivity index (χ4n) is 2.25. The number of ether oxygens (including phenoxy) is 2. The van der Waals surface area contributed by atoms with Gasteiger partial charge < -0.3 is 9.47 Å². The Bertz CT molecular complexity index is 765. The quantitative estimate of drug-likeness (QED) is 0.619. The van der Waals surface area contributed by atoms with Crippen LogP contribution in [0.2, 0.25) is 5.02 Å². The number of para-hydroxylation sites is 1. The van der Waals surface area contributed by atoms with Crippen molar-refractivity contribution in [3.05, 3.63) is 58.6 Å². The van der Waals surface area contributed by atoms with E-state index in [1.165, 1.54) is 11.8 Å². The number of hydrogen-bond donors (Lipinski definition) is 1. The number of amides is 1. The topological polar surface area (TPSA) is 59.9 Å². The molecule has 0 aromatic heterocycles. The van der Waals surface area contributed by atoms with Crippen LogP contribution in [0.15, 0.2) is 47.6 Å². The van der Waals surface area contributed by atoms with Crippen molar-refractivity contribution in [2.75, 3.05) is 19.0 Å². The summed E-state index contributed by atoms with van der Waals surface area (Å²) in [6, 6.07) is 13.1. The molecule has 0 spiro atoms. The second-order valence-electron chi connectivity index (χ2n) is 5.28. The highest BCUT2D eigenvalue weighted by Crippen LogP contribution is 2.32. The zero-order valence-corrected chi connectivity index (χ0v) is 15.0. The van der Waals surface area contributed by atoms with Crippen molar-refractivity contribution in [3.8, 4) is 11.5 Å². The summed E-state index contributed by atoms with van der Waals surface area (Å²) in [5, 5.41) is 4.70. The minimum atomic E-state index is -0.155. The van der Waals surface area contributed by atoms with Crippen LogP contribution in [0.25, 0.3) is 0 Å². The maximum absolute atomic E-state index is 11.8. The first-order valence-corrected chi connectivity index (χ1v) is 9.28. The first kappa shape index (κ1) is 17.6. The van der Waals surface area contributed by atoms with E-state index in [1.807, 2.05) is 42.5 Å². The van der Waals surface area contributed by atoms with Gasteiger partial charge >= 0.3 is 0 Å². The number of carbonyl (C=O) groups is 1. The lowest BCUT2D eigenvalue weighted by Gasteiger charge is -2.19. The van der Waals surface area contributed by atoms with Crippen molar-refractivity contribution in [3.63, 3.8) is 0 Å². The van der Waals surface area contributed by atoms with Crippen LogP contribution in [-0.4, -0.2) is 31.1 Å². The SMILES string of the molecule is O=C(CSCc1ccc(Cl)cc1)N/N=C\c1cccc2c1OCCO2. The van der Waals surface area contributed by atoms with Gasteiger partial charge in [0.1, 0.15) is 13.2 Å². The number of rotatable bonds is 6. The van der Waals surface area contributed by atoms with E-state index in [9.17, 15) is 4.79 Å². The summed E-state index contributed by atoms with van der Waals surface area (Å²) in [7, 11) is 0. The fourth-order valence-corrected chi connectivity index (χ4v) is 3.15. The first-order valence-electron chi connectivity index (χ1n) is 7.75. The second kappa shape index (κ2) is 8.78. The summed E-state index contributed by atoms with van der Waals surface area (Å²) in [5.41, 5.74) is 4.42. The molecule has 1 aliphatic heterocycles. The molecule has 0 bridgehead atoms. The predicted octanol–water partition coefficient (Wildman–Crippen LogP) is 3.49. The Labute approximate surface area is 155 Å². The monoisotopic (exact) mass is 376 g/mol. The first-order chi connectivity index (χ1) is 12.2. The molecule has 130 valence electrons. The highest BCUT2D eigenvalue weighted by atomic mass is 35.5. The smallest absolute Gasteiger partial charge is 0.250 e. The summed E-state index contributed by atoms with van der Waals surface area (Å²) in [6.45, 7) is 1.04. The molecular formula is C18H17ClN2O3S. The van der Waals surface area contributed by atoms with E-state index >= 15 is 0 Å². The molecule has 0 saturated carbocycles. The Morgan fingerprint density at radius 3 is 2.84 bits per heavy atom. The number of hydrazone groups is 1. The summed E-state index contributed by atoms with van der Waals surface area (Å²) < 4.78 is 11.1. The van der Waals surface area contributed by atoms with Gasteiger partial charge in [-0.2, -0.15) is 5.10 Å². The van der Waals surface area contributed by atoms with Gasteiger partial charge in [0.15, 0.2) is 11.5 Å². The molecule has 3 rings (SSSR count). The fraction of sp³-hybridized carbons (Fsp3) is 0.222. The van der Waals surface area contributed by atoms with Crippen molar-refractivity contribution in [1.29, 1.82) is 0 Å². The molecule has 2 aromatic rings. The highest BCUT2D eigenvalue weighted by Gasteiger charge is 2.14. The van der Waals surface area contributed by atoms with E-state index in [1.54, 1.807) is 6.21 Å². The van der Waals surface area contributed by atoms with Gasteiger partial charge in [-0.3, -0.25) is 4.79 Å². The minimum Gasteiger partial charge on any atom is -0.486 e. The molecule has 0 unspecified atom stereocenters. The van der Waals surface area contributed by atoms with Crippen LogP contribution in [0.5, 0.6) is 11.5 Å². The largest absolute Gasteiger partial charge is 0.486 e. The van der Waals surface area contributed by atoms with E-state index in [0.29, 0.717) is 35.5 Å². The van der Waals surface area contributed by atoms with Crippen LogP contribution in [0.1, 0.15) is 11.1 Å². The Morgan fingerprint density at radius 1 is 1.20 bits per heavy atom. The third-order valence-electron chi connectivity index (χ3n) is 3.40. The van der Waals surface area contributed by atoms with Gasteiger partial charge in [-0.25, -0.2) is 5.43 Å². The van der Waals surface area contributed by atoms with Gasteiger partial charge in [0.2, 0.25) is 5.91 Å². The molecule has 0 radical (unpaired) electrons. The molecular weight excluding hydrogens is 360 g/mol.